The molecule has 0 aliphatic rings. The standard InChI is InChI=1S/C16H22N2O7/c1-10(2)8-23-12-5-3-11(4-6-12)9-24-15(21)13(19)7-14(20)25-18-16(17)22/h3-6,10,13,19H,7-9H2,1-2H3,(H3,17,18,22). The van der Waals surface area contributed by atoms with Crippen molar-refractivity contribution in [2.75, 3.05) is 6.61 Å². The number of amides is 2. The van der Waals surface area contributed by atoms with E-state index < -0.39 is 30.5 Å². The van der Waals surface area contributed by atoms with Crippen LogP contribution in [-0.4, -0.2) is 35.8 Å². The van der Waals surface area contributed by atoms with Gasteiger partial charge >= 0.3 is 18.0 Å². The molecule has 2 amide bonds. The number of rotatable bonds is 8. The van der Waals surface area contributed by atoms with Crippen LogP contribution in [0.3, 0.4) is 0 Å². The van der Waals surface area contributed by atoms with Gasteiger partial charge in [-0.05, 0) is 23.6 Å². The number of aliphatic hydroxyl groups is 1. The van der Waals surface area contributed by atoms with Gasteiger partial charge < -0.3 is 25.2 Å². The van der Waals surface area contributed by atoms with Crippen LogP contribution in [0.15, 0.2) is 24.3 Å². The van der Waals surface area contributed by atoms with Crippen LogP contribution in [0.25, 0.3) is 0 Å². The second-order valence-corrected chi connectivity index (χ2v) is 5.62. The molecule has 0 saturated heterocycles. The summed E-state index contributed by atoms with van der Waals surface area (Å²) in [6, 6.07) is 5.86. The number of hydrogen-bond acceptors (Lipinski definition) is 7. The number of aliphatic hydroxyl groups excluding tert-OH is 1. The van der Waals surface area contributed by atoms with Gasteiger partial charge in [0, 0.05) is 0 Å². The first-order valence-electron chi connectivity index (χ1n) is 7.59. The maximum Gasteiger partial charge on any atom is 0.345 e. The molecule has 0 radical (unpaired) electrons. The predicted octanol–water partition coefficient (Wildman–Crippen LogP) is 0.642. The highest BCUT2D eigenvalue weighted by molar-refractivity contribution is 5.82. The first-order valence-corrected chi connectivity index (χ1v) is 7.59. The molecular weight excluding hydrogens is 332 g/mol. The van der Waals surface area contributed by atoms with E-state index in [9.17, 15) is 19.5 Å². The molecule has 0 aliphatic carbocycles. The summed E-state index contributed by atoms with van der Waals surface area (Å²) < 4.78 is 10.4. The third-order valence-electron chi connectivity index (χ3n) is 2.79. The molecule has 0 saturated carbocycles. The highest BCUT2D eigenvalue weighted by Crippen LogP contribution is 2.14. The molecule has 1 atom stereocenters. The number of carbonyl (C=O) groups is 3. The van der Waals surface area contributed by atoms with Crippen molar-refractivity contribution < 1.29 is 33.8 Å². The average Bonchev–Trinajstić information content (AvgIpc) is 2.56. The van der Waals surface area contributed by atoms with E-state index >= 15 is 0 Å². The number of nitrogens with two attached hydrogens (primary N) is 1. The summed E-state index contributed by atoms with van der Waals surface area (Å²) in [6.07, 6.45) is -2.39. The van der Waals surface area contributed by atoms with Crippen LogP contribution in [0.2, 0.25) is 0 Å². The number of benzene rings is 1. The molecule has 1 rings (SSSR count). The lowest BCUT2D eigenvalue weighted by Crippen LogP contribution is -2.34. The Morgan fingerprint density at radius 2 is 1.84 bits per heavy atom. The first kappa shape index (κ1) is 20.2. The molecule has 0 heterocycles. The minimum absolute atomic E-state index is 0.0745. The van der Waals surface area contributed by atoms with E-state index in [1.165, 1.54) is 0 Å². The number of urea groups is 1. The minimum Gasteiger partial charge on any atom is -0.493 e. The summed E-state index contributed by atoms with van der Waals surface area (Å²) in [5, 5.41) is 9.56. The smallest absolute Gasteiger partial charge is 0.345 e. The molecule has 1 aromatic rings. The molecule has 0 aromatic heterocycles. The minimum atomic E-state index is -1.71. The summed E-state index contributed by atoms with van der Waals surface area (Å²) in [5.74, 6) is -0.911. The van der Waals surface area contributed by atoms with Gasteiger partial charge in [0.1, 0.15) is 12.4 Å². The SMILES string of the molecule is CC(C)COc1ccc(COC(=O)C(O)CC(=O)ONC(N)=O)cc1. The molecule has 138 valence electrons. The van der Waals surface area contributed by atoms with E-state index in [0.717, 1.165) is 0 Å². The van der Waals surface area contributed by atoms with Crippen molar-refractivity contribution in [1.29, 1.82) is 0 Å². The molecule has 1 unspecified atom stereocenters. The number of ether oxygens (including phenoxy) is 2. The highest BCUT2D eigenvalue weighted by Gasteiger charge is 2.22. The van der Waals surface area contributed by atoms with Crippen LogP contribution in [-0.2, 0) is 25.8 Å². The summed E-state index contributed by atoms with van der Waals surface area (Å²) in [6.45, 7) is 4.61. The lowest BCUT2D eigenvalue weighted by Gasteiger charge is -2.11. The number of hydrogen-bond donors (Lipinski definition) is 3. The third-order valence-corrected chi connectivity index (χ3v) is 2.79. The number of primary amides is 1. The Bertz CT molecular complexity index is 587. The van der Waals surface area contributed by atoms with Crippen molar-refractivity contribution in [3.05, 3.63) is 29.8 Å². The molecular formula is C16H22N2O7. The quantitative estimate of drug-likeness (QED) is 0.460. The Morgan fingerprint density at radius 3 is 2.40 bits per heavy atom. The zero-order valence-electron chi connectivity index (χ0n) is 14.1. The third kappa shape index (κ3) is 8.56. The largest absolute Gasteiger partial charge is 0.493 e. The molecule has 0 fully saturated rings. The number of esters is 1. The molecule has 0 spiro atoms. The topological polar surface area (TPSA) is 137 Å². The maximum absolute atomic E-state index is 11.6. The van der Waals surface area contributed by atoms with Crippen molar-refractivity contribution in [3.8, 4) is 5.75 Å². The van der Waals surface area contributed by atoms with Crippen molar-refractivity contribution in [3.63, 3.8) is 0 Å². The van der Waals surface area contributed by atoms with Gasteiger partial charge in [-0.3, -0.25) is 0 Å². The van der Waals surface area contributed by atoms with E-state index in [4.69, 9.17) is 15.2 Å². The number of carbonyl (C=O) groups excluding carboxylic acids is 3. The van der Waals surface area contributed by atoms with Crippen LogP contribution >= 0.6 is 0 Å². The number of hydroxylamine groups is 1. The second-order valence-electron chi connectivity index (χ2n) is 5.62. The summed E-state index contributed by atoms with van der Waals surface area (Å²) in [5.41, 5.74) is 6.97. The fraction of sp³-hybridized carbons (Fsp3) is 0.438. The normalized spacial score (nSPS) is 11.5. The van der Waals surface area contributed by atoms with Gasteiger partial charge in [-0.1, -0.05) is 26.0 Å². The van der Waals surface area contributed by atoms with E-state index in [1.54, 1.807) is 29.7 Å². The monoisotopic (exact) mass is 354 g/mol. The summed E-state index contributed by atoms with van der Waals surface area (Å²) in [4.78, 5) is 37.4. The molecule has 4 N–H and O–H groups in total. The van der Waals surface area contributed by atoms with Gasteiger partial charge in [0.05, 0.1) is 13.0 Å². The molecule has 9 heteroatoms. The Labute approximate surface area is 145 Å². The van der Waals surface area contributed by atoms with Crippen LogP contribution in [0.5, 0.6) is 5.75 Å². The number of nitrogens with one attached hydrogen (secondary N) is 1. The van der Waals surface area contributed by atoms with Crippen molar-refractivity contribution in [2.45, 2.75) is 33.0 Å². The summed E-state index contributed by atoms with van der Waals surface area (Å²) >= 11 is 0. The molecule has 1 aromatic carbocycles. The zero-order valence-corrected chi connectivity index (χ0v) is 14.1. The Morgan fingerprint density at radius 1 is 1.20 bits per heavy atom. The van der Waals surface area contributed by atoms with Crippen LogP contribution < -0.4 is 16.0 Å². The van der Waals surface area contributed by atoms with Gasteiger partial charge in [-0.2, -0.15) is 5.48 Å². The summed E-state index contributed by atoms with van der Waals surface area (Å²) in [7, 11) is 0. The van der Waals surface area contributed by atoms with Gasteiger partial charge in [-0.25, -0.2) is 14.4 Å². The highest BCUT2D eigenvalue weighted by atomic mass is 16.7. The Balaban J connectivity index is 2.37. The first-order chi connectivity index (χ1) is 11.8. The van der Waals surface area contributed by atoms with E-state index in [0.29, 0.717) is 23.8 Å². The van der Waals surface area contributed by atoms with Crippen molar-refractivity contribution in [1.82, 2.24) is 5.48 Å². The average molecular weight is 354 g/mol. The Kier molecular flexibility index (Phi) is 8.21. The lowest BCUT2D eigenvalue weighted by molar-refractivity contribution is -0.162. The zero-order chi connectivity index (χ0) is 18.8. The second kappa shape index (κ2) is 10.1. The maximum atomic E-state index is 11.6. The van der Waals surface area contributed by atoms with Crippen molar-refractivity contribution in [2.24, 2.45) is 11.7 Å². The predicted molar refractivity (Wildman–Crippen MR) is 86.0 cm³/mol. The fourth-order valence-electron chi connectivity index (χ4n) is 1.59. The lowest BCUT2D eigenvalue weighted by atomic mass is 10.2. The van der Waals surface area contributed by atoms with Crippen LogP contribution in [0, 0.1) is 5.92 Å². The van der Waals surface area contributed by atoms with Crippen LogP contribution in [0.1, 0.15) is 25.8 Å². The van der Waals surface area contributed by atoms with Crippen molar-refractivity contribution >= 4 is 18.0 Å². The van der Waals surface area contributed by atoms with Gasteiger partial charge in [0.25, 0.3) is 0 Å². The van der Waals surface area contributed by atoms with E-state index in [1.807, 2.05) is 13.8 Å². The van der Waals surface area contributed by atoms with E-state index in [2.05, 4.69) is 4.84 Å². The molecule has 25 heavy (non-hydrogen) atoms. The Hall–Kier alpha value is -2.81. The van der Waals surface area contributed by atoms with Gasteiger partial charge in [-0.15, -0.1) is 0 Å². The molecule has 0 bridgehead atoms. The molecule has 9 nitrogen and oxygen atoms in total. The van der Waals surface area contributed by atoms with Crippen LogP contribution in [0.4, 0.5) is 4.79 Å². The van der Waals surface area contributed by atoms with E-state index in [-0.39, 0.29) is 6.61 Å². The van der Waals surface area contributed by atoms with Gasteiger partial charge in [0.15, 0.2) is 6.10 Å². The van der Waals surface area contributed by atoms with Gasteiger partial charge in [0.2, 0.25) is 0 Å². The fourth-order valence-corrected chi connectivity index (χ4v) is 1.59. The molecule has 0 aliphatic heterocycles.